The van der Waals surface area contributed by atoms with Gasteiger partial charge in [-0.05, 0) is 36.4 Å². The average molecular weight is 432 g/mol. The monoisotopic (exact) mass is 431 g/mol. The number of ether oxygens (including phenoxy) is 1. The smallest absolute Gasteiger partial charge is 0.247 e. The van der Waals surface area contributed by atoms with E-state index >= 15 is 0 Å². The van der Waals surface area contributed by atoms with Crippen LogP contribution in [0.3, 0.4) is 0 Å². The van der Waals surface area contributed by atoms with Crippen LogP contribution in [0.15, 0.2) is 55.3 Å². The Kier molecular flexibility index (Phi) is 6.43. The Bertz CT molecular complexity index is 1110. The summed E-state index contributed by atoms with van der Waals surface area (Å²) in [7, 11) is 1.41. The van der Waals surface area contributed by atoms with Crippen molar-refractivity contribution in [2.75, 3.05) is 23.1 Å². The molecule has 0 fully saturated rings. The van der Waals surface area contributed by atoms with Gasteiger partial charge in [0.2, 0.25) is 11.9 Å². The summed E-state index contributed by atoms with van der Waals surface area (Å²) in [5, 5.41) is 8.52. The number of carbonyl (C=O) groups is 1. The number of hydrogen-bond donors (Lipinski definition) is 3. The van der Waals surface area contributed by atoms with Gasteiger partial charge in [0, 0.05) is 6.07 Å². The molecule has 1 heterocycles. The van der Waals surface area contributed by atoms with Crippen molar-refractivity contribution < 1.29 is 18.3 Å². The topological polar surface area (TPSA) is 88.2 Å². The molecular formula is C20H16ClF2N5O2. The van der Waals surface area contributed by atoms with E-state index in [2.05, 4.69) is 32.5 Å². The number of carbonyl (C=O) groups excluding carboxylic acids is 1. The molecule has 2 aromatic carbocycles. The summed E-state index contributed by atoms with van der Waals surface area (Å²) >= 11 is 6.18. The second-order valence-corrected chi connectivity index (χ2v) is 6.28. The highest BCUT2D eigenvalue weighted by atomic mass is 35.5. The third-order valence-corrected chi connectivity index (χ3v) is 4.11. The second-order valence-electron chi connectivity index (χ2n) is 5.87. The molecule has 10 heteroatoms. The number of anilines is 5. The van der Waals surface area contributed by atoms with Gasteiger partial charge in [-0.15, -0.1) is 0 Å². The van der Waals surface area contributed by atoms with E-state index in [-0.39, 0.29) is 28.2 Å². The molecular weight excluding hydrogens is 416 g/mol. The number of methoxy groups -OCH3 is 1. The van der Waals surface area contributed by atoms with Crippen LogP contribution in [0.25, 0.3) is 0 Å². The van der Waals surface area contributed by atoms with Crippen LogP contribution in [0.2, 0.25) is 5.02 Å². The van der Waals surface area contributed by atoms with Crippen molar-refractivity contribution in [1.82, 2.24) is 9.97 Å². The van der Waals surface area contributed by atoms with Gasteiger partial charge in [-0.3, -0.25) is 4.79 Å². The van der Waals surface area contributed by atoms with Gasteiger partial charge in [0.05, 0.1) is 30.4 Å². The molecule has 0 radical (unpaired) electrons. The lowest BCUT2D eigenvalue weighted by atomic mass is 10.2. The normalized spacial score (nSPS) is 10.3. The Hall–Kier alpha value is -3.72. The lowest BCUT2D eigenvalue weighted by Gasteiger charge is -2.14. The van der Waals surface area contributed by atoms with Crippen LogP contribution in [0.1, 0.15) is 0 Å². The van der Waals surface area contributed by atoms with Gasteiger partial charge in [-0.1, -0.05) is 18.2 Å². The highest BCUT2D eigenvalue weighted by molar-refractivity contribution is 6.33. The van der Waals surface area contributed by atoms with Gasteiger partial charge in [-0.2, -0.15) is 4.98 Å². The predicted molar refractivity (Wildman–Crippen MR) is 112 cm³/mol. The van der Waals surface area contributed by atoms with Gasteiger partial charge in [0.25, 0.3) is 0 Å². The summed E-state index contributed by atoms with van der Waals surface area (Å²) in [6.07, 6.45) is 2.41. The van der Waals surface area contributed by atoms with E-state index in [0.717, 1.165) is 12.1 Å². The molecule has 3 rings (SSSR count). The SMILES string of the molecule is C=CC(=O)Nc1cc(F)ccc1Nc1nc(Nc2ccc(F)cc2OC)ncc1Cl. The fourth-order valence-corrected chi connectivity index (χ4v) is 2.58. The first-order chi connectivity index (χ1) is 14.4. The zero-order valence-corrected chi connectivity index (χ0v) is 16.4. The number of nitrogens with zero attached hydrogens (tertiary/aromatic N) is 2. The van der Waals surface area contributed by atoms with Crippen molar-refractivity contribution in [2.45, 2.75) is 0 Å². The summed E-state index contributed by atoms with van der Waals surface area (Å²) in [5.41, 5.74) is 0.953. The highest BCUT2D eigenvalue weighted by Gasteiger charge is 2.12. The van der Waals surface area contributed by atoms with E-state index in [1.165, 1.54) is 43.6 Å². The second kappa shape index (κ2) is 9.19. The maximum atomic E-state index is 13.6. The first-order valence-electron chi connectivity index (χ1n) is 8.52. The van der Waals surface area contributed by atoms with Crippen LogP contribution in [0.5, 0.6) is 5.75 Å². The summed E-state index contributed by atoms with van der Waals surface area (Å²) < 4.78 is 32.1. The molecule has 7 nitrogen and oxygen atoms in total. The van der Waals surface area contributed by atoms with Gasteiger partial charge in [-0.25, -0.2) is 13.8 Å². The molecule has 3 aromatic rings. The first-order valence-corrected chi connectivity index (χ1v) is 8.90. The zero-order chi connectivity index (χ0) is 21.7. The molecule has 0 spiro atoms. The van der Waals surface area contributed by atoms with Crippen molar-refractivity contribution >= 4 is 46.3 Å². The predicted octanol–water partition coefficient (Wildman–Crippen LogP) is 5.03. The van der Waals surface area contributed by atoms with Crippen LogP contribution in [-0.4, -0.2) is 23.0 Å². The van der Waals surface area contributed by atoms with E-state index in [1.54, 1.807) is 0 Å². The van der Waals surface area contributed by atoms with Crippen LogP contribution < -0.4 is 20.7 Å². The molecule has 3 N–H and O–H groups in total. The fraction of sp³-hybridized carbons (Fsp3) is 0.0500. The third kappa shape index (κ3) is 5.00. The number of nitrogens with one attached hydrogen (secondary N) is 3. The number of amides is 1. The van der Waals surface area contributed by atoms with Crippen molar-refractivity contribution in [3.63, 3.8) is 0 Å². The van der Waals surface area contributed by atoms with Gasteiger partial charge in [0.15, 0.2) is 5.82 Å². The van der Waals surface area contributed by atoms with Crippen LogP contribution >= 0.6 is 11.6 Å². The number of hydrogen-bond acceptors (Lipinski definition) is 6. The Morgan fingerprint density at radius 1 is 1.10 bits per heavy atom. The largest absolute Gasteiger partial charge is 0.494 e. The van der Waals surface area contributed by atoms with Crippen molar-refractivity contribution in [3.05, 3.63) is 71.9 Å². The van der Waals surface area contributed by atoms with Gasteiger partial charge in [0.1, 0.15) is 22.4 Å². The maximum Gasteiger partial charge on any atom is 0.247 e. The van der Waals surface area contributed by atoms with Gasteiger partial charge < -0.3 is 20.7 Å². The van der Waals surface area contributed by atoms with E-state index in [9.17, 15) is 13.6 Å². The number of aromatic nitrogens is 2. The van der Waals surface area contributed by atoms with Crippen molar-refractivity contribution in [3.8, 4) is 5.75 Å². The Morgan fingerprint density at radius 2 is 1.80 bits per heavy atom. The molecule has 1 aromatic heterocycles. The molecule has 154 valence electrons. The van der Waals surface area contributed by atoms with Gasteiger partial charge >= 0.3 is 0 Å². The summed E-state index contributed by atoms with van der Waals surface area (Å²) in [5.74, 6) is -0.914. The third-order valence-electron chi connectivity index (χ3n) is 3.83. The Balaban J connectivity index is 1.90. The van der Waals surface area contributed by atoms with Crippen LogP contribution in [-0.2, 0) is 4.79 Å². The molecule has 30 heavy (non-hydrogen) atoms. The number of halogens is 3. The molecule has 0 bridgehead atoms. The summed E-state index contributed by atoms with van der Waals surface area (Å²) in [6, 6.07) is 7.72. The zero-order valence-electron chi connectivity index (χ0n) is 15.7. The molecule has 0 aliphatic carbocycles. The van der Waals surface area contributed by atoms with Crippen LogP contribution in [0.4, 0.5) is 37.6 Å². The number of rotatable bonds is 7. The molecule has 1 amide bonds. The summed E-state index contributed by atoms with van der Waals surface area (Å²) in [4.78, 5) is 20.0. The molecule has 0 saturated carbocycles. The Labute approximate surface area is 175 Å². The van der Waals surface area contributed by atoms with E-state index in [1.807, 2.05) is 0 Å². The number of benzene rings is 2. The minimum absolute atomic E-state index is 0.144. The Morgan fingerprint density at radius 3 is 2.50 bits per heavy atom. The minimum Gasteiger partial charge on any atom is -0.494 e. The average Bonchev–Trinajstić information content (AvgIpc) is 2.73. The molecule has 0 unspecified atom stereocenters. The highest BCUT2D eigenvalue weighted by Crippen LogP contribution is 2.31. The maximum absolute atomic E-state index is 13.6. The van der Waals surface area contributed by atoms with E-state index < -0.39 is 17.5 Å². The van der Waals surface area contributed by atoms with E-state index in [0.29, 0.717) is 11.4 Å². The van der Waals surface area contributed by atoms with Crippen molar-refractivity contribution in [1.29, 1.82) is 0 Å². The molecule has 0 aliphatic heterocycles. The molecule has 0 atom stereocenters. The molecule has 0 aliphatic rings. The van der Waals surface area contributed by atoms with E-state index in [4.69, 9.17) is 16.3 Å². The summed E-state index contributed by atoms with van der Waals surface area (Å²) in [6.45, 7) is 3.37. The lowest BCUT2D eigenvalue weighted by Crippen LogP contribution is -2.10. The fourth-order valence-electron chi connectivity index (χ4n) is 2.44. The van der Waals surface area contributed by atoms with Crippen LogP contribution in [0, 0.1) is 11.6 Å². The first kappa shape index (κ1) is 21.0. The standard InChI is InChI=1S/C20H16ClF2N5O2/c1-3-18(29)25-16-8-11(22)4-6-14(16)26-19-13(21)10-24-20(28-19)27-15-7-5-12(23)9-17(15)30-2/h3-10H,1H2,2H3,(H,25,29)(H2,24,26,27,28). The minimum atomic E-state index is -0.542. The lowest BCUT2D eigenvalue weighted by molar-refractivity contribution is -0.111. The van der Waals surface area contributed by atoms with Crippen molar-refractivity contribution in [2.24, 2.45) is 0 Å². The molecule has 0 saturated heterocycles. The quantitative estimate of drug-likeness (QED) is 0.455.